The molecule has 0 radical (unpaired) electrons. The number of rotatable bonds is 7. The highest BCUT2D eigenvalue weighted by Crippen LogP contribution is 2.18. The second-order valence-corrected chi connectivity index (χ2v) is 5.84. The van der Waals surface area contributed by atoms with E-state index in [2.05, 4.69) is 43.2 Å². The van der Waals surface area contributed by atoms with E-state index >= 15 is 0 Å². The minimum Gasteiger partial charge on any atom is -0.385 e. The fourth-order valence-corrected chi connectivity index (χ4v) is 1.88. The van der Waals surface area contributed by atoms with Crippen molar-refractivity contribution in [3.05, 3.63) is 35.4 Å². The summed E-state index contributed by atoms with van der Waals surface area (Å²) >= 11 is 0. The van der Waals surface area contributed by atoms with E-state index in [4.69, 9.17) is 4.84 Å². The maximum absolute atomic E-state index is 12.9. The Balaban J connectivity index is 0. The van der Waals surface area contributed by atoms with E-state index < -0.39 is 0 Å². The predicted octanol–water partition coefficient (Wildman–Crippen LogP) is 5.26. The zero-order valence-electron chi connectivity index (χ0n) is 17.4. The Bertz CT molecular complexity index is 440. The molecule has 0 bridgehead atoms. The topological polar surface area (TPSA) is 36.9 Å². The molecule has 0 amide bonds. The molecule has 0 aromatic heterocycles. The zero-order valence-corrected chi connectivity index (χ0v) is 17.4. The summed E-state index contributed by atoms with van der Waals surface area (Å²) in [4.78, 5) is 11.5. The summed E-state index contributed by atoms with van der Waals surface area (Å²) in [6, 6.07) is 0. The molecular formula is C20H38FN3O. The van der Waals surface area contributed by atoms with Crippen LogP contribution in [-0.2, 0) is 4.84 Å². The lowest BCUT2D eigenvalue weighted by molar-refractivity contribution is 0.156. The van der Waals surface area contributed by atoms with Gasteiger partial charge < -0.3 is 9.74 Å². The van der Waals surface area contributed by atoms with Crippen LogP contribution < -0.4 is 5.48 Å². The second-order valence-electron chi connectivity index (χ2n) is 5.84. The first-order chi connectivity index (χ1) is 11.9. The molecule has 0 saturated heterocycles. The summed E-state index contributed by atoms with van der Waals surface area (Å²) in [6.07, 6.45) is 6.64. The number of hydrogen-bond acceptors (Lipinski definition) is 3. The van der Waals surface area contributed by atoms with Gasteiger partial charge in [-0.05, 0) is 51.1 Å². The van der Waals surface area contributed by atoms with Crippen molar-refractivity contribution in [1.82, 2.24) is 10.4 Å². The van der Waals surface area contributed by atoms with E-state index in [-0.39, 0.29) is 5.83 Å². The van der Waals surface area contributed by atoms with Gasteiger partial charge in [0.25, 0.3) is 0 Å². The molecule has 0 spiro atoms. The lowest BCUT2D eigenvalue weighted by Crippen LogP contribution is -2.22. The van der Waals surface area contributed by atoms with Gasteiger partial charge in [-0.2, -0.15) is 0 Å². The summed E-state index contributed by atoms with van der Waals surface area (Å²) in [7, 11) is 2.15. The van der Waals surface area contributed by atoms with Gasteiger partial charge in [0, 0.05) is 19.5 Å². The molecule has 4 nitrogen and oxygen atoms in total. The minimum atomic E-state index is -0.256. The molecule has 0 unspecified atom stereocenters. The highest BCUT2D eigenvalue weighted by Gasteiger charge is 2.05. The van der Waals surface area contributed by atoms with Crippen molar-refractivity contribution < 1.29 is 9.23 Å². The minimum absolute atomic E-state index is 0.256. The molecule has 0 heterocycles. The molecule has 0 aromatic carbocycles. The third kappa shape index (κ3) is 15.6. The van der Waals surface area contributed by atoms with Gasteiger partial charge >= 0.3 is 0 Å². The van der Waals surface area contributed by atoms with Crippen LogP contribution in [0.4, 0.5) is 4.39 Å². The largest absolute Gasteiger partial charge is 0.385 e. The molecule has 25 heavy (non-hydrogen) atoms. The van der Waals surface area contributed by atoms with Gasteiger partial charge in [-0.15, -0.1) is 0 Å². The number of halogens is 1. The quantitative estimate of drug-likeness (QED) is 0.384. The first-order valence-corrected chi connectivity index (χ1v) is 9.23. The second kappa shape index (κ2) is 17.2. The molecule has 1 aliphatic carbocycles. The lowest BCUT2D eigenvalue weighted by Gasteiger charge is -2.15. The van der Waals surface area contributed by atoms with Crippen molar-refractivity contribution >= 4 is 6.34 Å². The zero-order chi connectivity index (χ0) is 19.7. The molecule has 1 rings (SSSR count). The Kier molecular flexibility index (Phi) is 17.6. The SMILES string of the molecule is CC.CCN(C)CC(C)C.CCN=CNOC1=C(C)C=C(F)C=CC1. The molecule has 0 atom stereocenters. The first kappa shape index (κ1) is 25.6. The van der Waals surface area contributed by atoms with Crippen LogP contribution >= 0.6 is 0 Å². The summed E-state index contributed by atoms with van der Waals surface area (Å²) < 4.78 is 12.9. The van der Waals surface area contributed by atoms with Crippen LogP contribution in [0.1, 0.15) is 54.9 Å². The van der Waals surface area contributed by atoms with Crippen LogP contribution in [-0.4, -0.2) is 37.9 Å². The van der Waals surface area contributed by atoms with Crippen molar-refractivity contribution in [2.75, 3.05) is 26.7 Å². The Morgan fingerprint density at radius 2 is 2.00 bits per heavy atom. The molecule has 1 aliphatic rings. The highest BCUT2D eigenvalue weighted by atomic mass is 19.1. The number of hydrogen-bond donors (Lipinski definition) is 1. The van der Waals surface area contributed by atoms with E-state index in [1.165, 1.54) is 25.0 Å². The van der Waals surface area contributed by atoms with E-state index in [0.29, 0.717) is 18.7 Å². The van der Waals surface area contributed by atoms with Gasteiger partial charge in [0.1, 0.15) is 17.9 Å². The maximum Gasteiger partial charge on any atom is 0.138 e. The van der Waals surface area contributed by atoms with Crippen molar-refractivity contribution in [2.45, 2.75) is 54.9 Å². The third-order valence-corrected chi connectivity index (χ3v) is 3.10. The van der Waals surface area contributed by atoms with Gasteiger partial charge in [0.05, 0.1) is 0 Å². The van der Waals surface area contributed by atoms with Crippen LogP contribution in [0.2, 0.25) is 0 Å². The van der Waals surface area contributed by atoms with E-state index in [9.17, 15) is 4.39 Å². The molecule has 0 fully saturated rings. The standard InChI is InChI=1S/C11H15FN2O.C7H17N.C2H6/c1-3-13-8-14-15-11-6-4-5-10(12)7-9(11)2;1-5-8(4)6-7(2)3;1-2/h4-5,7-8H,3,6H2,1-2H3,(H,13,14);7H,5-6H2,1-4H3;1-2H3. The molecule has 0 aromatic rings. The molecule has 0 saturated carbocycles. The maximum atomic E-state index is 12.9. The average molecular weight is 356 g/mol. The Morgan fingerprint density at radius 3 is 2.48 bits per heavy atom. The fraction of sp³-hybridized carbons (Fsp3) is 0.650. The molecule has 1 N–H and O–H groups in total. The molecule has 146 valence electrons. The van der Waals surface area contributed by atoms with Crippen molar-refractivity contribution in [1.29, 1.82) is 0 Å². The smallest absolute Gasteiger partial charge is 0.138 e. The number of nitrogens with one attached hydrogen (secondary N) is 1. The molecule has 5 heteroatoms. The predicted molar refractivity (Wildman–Crippen MR) is 108 cm³/mol. The van der Waals surface area contributed by atoms with Gasteiger partial charge in [0.2, 0.25) is 0 Å². The third-order valence-electron chi connectivity index (χ3n) is 3.10. The summed E-state index contributed by atoms with van der Waals surface area (Å²) in [5, 5.41) is 0. The van der Waals surface area contributed by atoms with E-state index in [1.807, 2.05) is 20.8 Å². The van der Waals surface area contributed by atoms with E-state index in [1.54, 1.807) is 13.0 Å². The highest BCUT2D eigenvalue weighted by molar-refractivity contribution is 5.52. The number of hydroxylamine groups is 1. The van der Waals surface area contributed by atoms with Gasteiger partial charge in [-0.3, -0.25) is 4.99 Å². The Labute approximate surface area is 154 Å². The molecular weight excluding hydrogens is 317 g/mol. The monoisotopic (exact) mass is 355 g/mol. The summed E-state index contributed by atoms with van der Waals surface area (Å²) in [5.41, 5.74) is 3.37. The number of aliphatic imine (C=N–C) groups is 1. The lowest BCUT2D eigenvalue weighted by atomic mass is 10.2. The van der Waals surface area contributed by atoms with Crippen LogP contribution in [0.5, 0.6) is 0 Å². The van der Waals surface area contributed by atoms with Crippen LogP contribution in [0.3, 0.4) is 0 Å². The Morgan fingerprint density at radius 1 is 1.36 bits per heavy atom. The molecule has 0 aliphatic heterocycles. The van der Waals surface area contributed by atoms with Crippen molar-refractivity contribution in [3.8, 4) is 0 Å². The fourth-order valence-electron chi connectivity index (χ4n) is 1.88. The van der Waals surface area contributed by atoms with Gasteiger partial charge in [-0.1, -0.05) is 40.7 Å². The number of nitrogens with zero attached hydrogens (tertiary/aromatic N) is 2. The number of allylic oxidation sites excluding steroid dienone is 5. The van der Waals surface area contributed by atoms with Gasteiger partial charge in [0.15, 0.2) is 0 Å². The van der Waals surface area contributed by atoms with Crippen LogP contribution in [0, 0.1) is 5.92 Å². The summed E-state index contributed by atoms with van der Waals surface area (Å²) in [6.45, 7) is 17.5. The summed E-state index contributed by atoms with van der Waals surface area (Å²) in [5.74, 6) is 1.25. The van der Waals surface area contributed by atoms with Crippen LogP contribution in [0.15, 0.2) is 40.4 Å². The first-order valence-electron chi connectivity index (χ1n) is 9.23. The van der Waals surface area contributed by atoms with Crippen molar-refractivity contribution in [3.63, 3.8) is 0 Å². The van der Waals surface area contributed by atoms with Crippen LogP contribution in [0.25, 0.3) is 0 Å². The van der Waals surface area contributed by atoms with Crippen molar-refractivity contribution in [2.24, 2.45) is 10.9 Å². The Hall–Kier alpha value is -1.62. The normalized spacial score (nSPS) is 13.8. The average Bonchev–Trinajstić information content (AvgIpc) is 2.74. The van der Waals surface area contributed by atoms with Gasteiger partial charge in [-0.25, -0.2) is 9.87 Å². The van der Waals surface area contributed by atoms with E-state index in [0.717, 1.165) is 18.0 Å².